The van der Waals surface area contributed by atoms with Crippen LogP contribution >= 0.6 is 11.8 Å². The van der Waals surface area contributed by atoms with Crippen LogP contribution in [0.15, 0.2) is 37.1 Å². The summed E-state index contributed by atoms with van der Waals surface area (Å²) in [6.45, 7) is 6.50. The minimum Gasteiger partial charge on any atom is -0.372 e. The fourth-order valence-electron chi connectivity index (χ4n) is 1.66. The van der Waals surface area contributed by atoms with Crippen molar-refractivity contribution in [1.82, 2.24) is 4.57 Å². The number of thioether (sulfide) groups is 1. The Labute approximate surface area is 115 Å². The Kier molecular flexibility index (Phi) is 3.58. The van der Waals surface area contributed by atoms with E-state index in [4.69, 9.17) is 0 Å². The zero-order valence-corrected chi connectivity index (χ0v) is 12.3. The maximum absolute atomic E-state index is 11.7. The molecule has 0 bridgehead atoms. The number of nitrogens with zero attached hydrogens (tertiary/aromatic N) is 1. The second-order valence-corrected chi connectivity index (χ2v) is 6.79. The van der Waals surface area contributed by atoms with Gasteiger partial charge in [-0.2, -0.15) is 0 Å². The molecule has 0 unspecified atom stereocenters. The van der Waals surface area contributed by atoms with E-state index in [1.807, 2.05) is 6.07 Å². The first-order valence-corrected chi connectivity index (χ1v) is 7.03. The number of rotatable bonds is 2. The van der Waals surface area contributed by atoms with Crippen LogP contribution in [0.5, 0.6) is 0 Å². The number of hydrogen-bond donors (Lipinski definition) is 0. The van der Waals surface area contributed by atoms with Gasteiger partial charge in [-0.3, -0.25) is 4.57 Å². The zero-order valence-electron chi connectivity index (χ0n) is 11.5. The van der Waals surface area contributed by atoms with Crippen LogP contribution in [0.2, 0.25) is 0 Å². The van der Waals surface area contributed by atoms with Crippen LogP contribution in [0.1, 0.15) is 20.8 Å². The average molecular weight is 279 g/mol. The summed E-state index contributed by atoms with van der Waals surface area (Å²) in [4.78, 5) is 24.1. The van der Waals surface area contributed by atoms with Gasteiger partial charge in [0, 0.05) is 17.7 Å². The standard InChI is InChI=1S/C14H17NO3S/c1-14(2,3)8-19-9-5-6-11-10(7-9)12(16)18-13(17)15(11)4/h5-7H,8H2,1-4H3. The SMILES string of the molecule is Cn1c(=O)oc(=O)c2cc(SCC(C)(C)C)ccc21. The maximum atomic E-state index is 11.7. The highest BCUT2D eigenvalue weighted by atomic mass is 32.2. The Morgan fingerprint density at radius 2 is 1.95 bits per heavy atom. The molecule has 5 heteroatoms. The van der Waals surface area contributed by atoms with Crippen molar-refractivity contribution in [3.8, 4) is 0 Å². The van der Waals surface area contributed by atoms with E-state index in [9.17, 15) is 9.59 Å². The van der Waals surface area contributed by atoms with Gasteiger partial charge < -0.3 is 4.42 Å². The molecule has 1 heterocycles. The van der Waals surface area contributed by atoms with Crippen molar-refractivity contribution in [3.63, 3.8) is 0 Å². The van der Waals surface area contributed by atoms with Crippen molar-refractivity contribution in [2.45, 2.75) is 25.7 Å². The van der Waals surface area contributed by atoms with Gasteiger partial charge in [0.25, 0.3) is 0 Å². The summed E-state index contributed by atoms with van der Waals surface area (Å²) in [6, 6.07) is 5.51. The van der Waals surface area contributed by atoms with Crippen LogP contribution in [-0.4, -0.2) is 10.3 Å². The smallest absolute Gasteiger partial charge is 0.372 e. The first-order valence-electron chi connectivity index (χ1n) is 6.05. The van der Waals surface area contributed by atoms with Crippen molar-refractivity contribution in [2.75, 3.05) is 5.75 Å². The van der Waals surface area contributed by atoms with E-state index < -0.39 is 11.4 Å². The lowest BCUT2D eigenvalue weighted by Gasteiger charge is -2.17. The van der Waals surface area contributed by atoms with Crippen molar-refractivity contribution in [2.24, 2.45) is 12.5 Å². The molecule has 0 fully saturated rings. The highest BCUT2D eigenvalue weighted by Crippen LogP contribution is 2.28. The minimum atomic E-state index is -0.632. The number of hydrogen-bond acceptors (Lipinski definition) is 4. The third-order valence-corrected chi connectivity index (χ3v) is 4.27. The van der Waals surface area contributed by atoms with E-state index in [1.165, 1.54) is 4.57 Å². The Morgan fingerprint density at radius 3 is 2.58 bits per heavy atom. The van der Waals surface area contributed by atoms with E-state index in [1.54, 1.807) is 30.9 Å². The van der Waals surface area contributed by atoms with Crippen molar-refractivity contribution >= 4 is 22.7 Å². The fourth-order valence-corrected chi connectivity index (χ4v) is 2.63. The quantitative estimate of drug-likeness (QED) is 0.793. The molecule has 0 radical (unpaired) electrons. The van der Waals surface area contributed by atoms with Gasteiger partial charge in [-0.15, -0.1) is 11.8 Å². The zero-order chi connectivity index (χ0) is 14.2. The maximum Gasteiger partial charge on any atom is 0.422 e. The Hall–Kier alpha value is -1.49. The van der Waals surface area contributed by atoms with E-state index in [-0.39, 0.29) is 5.41 Å². The predicted molar refractivity (Wildman–Crippen MR) is 77.9 cm³/mol. The summed E-state index contributed by atoms with van der Waals surface area (Å²) in [7, 11) is 1.59. The Bertz CT molecular complexity index is 722. The summed E-state index contributed by atoms with van der Waals surface area (Å²) in [5.74, 6) is 0.322. The van der Waals surface area contributed by atoms with Gasteiger partial charge in [-0.25, -0.2) is 9.59 Å². The lowest BCUT2D eigenvalue weighted by Crippen LogP contribution is -2.22. The molecule has 0 spiro atoms. The third-order valence-electron chi connectivity index (χ3n) is 2.68. The number of aromatic nitrogens is 1. The summed E-state index contributed by atoms with van der Waals surface area (Å²) in [5.41, 5.74) is 0.242. The van der Waals surface area contributed by atoms with Crippen LogP contribution in [0, 0.1) is 5.41 Å². The van der Waals surface area contributed by atoms with Gasteiger partial charge >= 0.3 is 11.4 Å². The minimum absolute atomic E-state index is 0.216. The normalized spacial score (nSPS) is 12.0. The molecule has 0 aliphatic heterocycles. The topological polar surface area (TPSA) is 52.2 Å². The molecule has 0 saturated heterocycles. The molecule has 0 aliphatic carbocycles. The molecule has 102 valence electrons. The lowest BCUT2D eigenvalue weighted by atomic mass is 10.0. The van der Waals surface area contributed by atoms with Crippen LogP contribution in [0.3, 0.4) is 0 Å². The largest absolute Gasteiger partial charge is 0.422 e. The summed E-state index contributed by atoms with van der Waals surface area (Å²) >= 11 is 1.69. The van der Waals surface area contributed by atoms with Crippen molar-refractivity contribution < 1.29 is 4.42 Å². The predicted octanol–water partition coefficient (Wildman–Crippen LogP) is 2.63. The number of benzene rings is 1. The molecule has 0 aliphatic rings. The number of fused-ring (bicyclic) bond motifs is 1. The van der Waals surface area contributed by atoms with Crippen molar-refractivity contribution in [3.05, 3.63) is 39.2 Å². The molecule has 1 aromatic heterocycles. The summed E-state index contributed by atoms with van der Waals surface area (Å²) in [5, 5.41) is 0.445. The molecular weight excluding hydrogens is 262 g/mol. The second kappa shape index (κ2) is 4.89. The van der Waals surface area contributed by atoms with Gasteiger partial charge in [0.15, 0.2) is 0 Å². The van der Waals surface area contributed by atoms with Gasteiger partial charge in [-0.05, 0) is 23.6 Å². The molecule has 19 heavy (non-hydrogen) atoms. The van der Waals surface area contributed by atoms with E-state index in [2.05, 4.69) is 25.2 Å². The molecule has 0 atom stereocenters. The van der Waals surface area contributed by atoms with Crippen LogP contribution in [0.4, 0.5) is 0 Å². The summed E-state index contributed by atoms with van der Waals surface area (Å²) < 4.78 is 6.01. The number of aryl methyl sites for hydroxylation is 1. The van der Waals surface area contributed by atoms with E-state index in [0.717, 1.165) is 10.6 Å². The highest BCUT2D eigenvalue weighted by Gasteiger charge is 2.12. The highest BCUT2D eigenvalue weighted by molar-refractivity contribution is 7.99. The average Bonchev–Trinajstić information content (AvgIpc) is 2.32. The molecule has 2 aromatic rings. The van der Waals surface area contributed by atoms with Crippen molar-refractivity contribution in [1.29, 1.82) is 0 Å². The lowest BCUT2D eigenvalue weighted by molar-refractivity contribution is 0.432. The molecule has 0 amide bonds. The van der Waals surface area contributed by atoms with Gasteiger partial charge in [0.05, 0.1) is 10.9 Å². The van der Waals surface area contributed by atoms with Crippen LogP contribution in [-0.2, 0) is 7.05 Å². The van der Waals surface area contributed by atoms with Gasteiger partial charge in [-0.1, -0.05) is 20.8 Å². The van der Waals surface area contributed by atoms with Gasteiger partial charge in [0.1, 0.15) is 0 Å². The first kappa shape index (κ1) is 13.9. The summed E-state index contributed by atoms with van der Waals surface area (Å²) in [6.07, 6.45) is 0. The molecule has 0 N–H and O–H groups in total. The molecule has 1 aromatic carbocycles. The van der Waals surface area contributed by atoms with E-state index in [0.29, 0.717) is 10.9 Å². The second-order valence-electron chi connectivity index (χ2n) is 5.74. The molecule has 4 nitrogen and oxygen atoms in total. The van der Waals surface area contributed by atoms with Crippen LogP contribution in [0.25, 0.3) is 10.9 Å². The monoisotopic (exact) mass is 279 g/mol. The fraction of sp³-hybridized carbons (Fsp3) is 0.429. The van der Waals surface area contributed by atoms with Crippen LogP contribution < -0.4 is 11.4 Å². The third kappa shape index (κ3) is 3.10. The van der Waals surface area contributed by atoms with Gasteiger partial charge in [0.2, 0.25) is 0 Å². The Balaban J connectivity index is 2.47. The molecular formula is C14H17NO3S. The van der Waals surface area contributed by atoms with E-state index >= 15 is 0 Å². The molecule has 2 rings (SSSR count). The first-order chi connectivity index (χ1) is 8.78. The Morgan fingerprint density at radius 1 is 1.26 bits per heavy atom. The molecule has 0 saturated carbocycles.